The van der Waals surface area contributed by atoms with Crippen LogP contribution in [0.2, 0.25) is 0 Å². The Morgan fingerprint density at radius 3 is 2.67 bits per heavy atom. The molecule has 1 aromatic carbocycles. The maximum Gasteiger partial charge on any atom is 0.303 e. The average Bonchev–Trinajstić information content (AvgIpc) is 2.48. The van der Waals surface area contributed by atoms with E-state index in [9.17, 15) is 4.79 Å². The minimum atomic E-state index is -0.268. The lowest BCUT2D eigenvalue weighted by Crippen LogP contribution is -2.34. The van der Waals surface area contributed by atoms with Crippen LogP contribution in [0.1, 0.15) is 45.6 Å². The molecule has 1 aromatic rings. The quantitative estimate of drug-likeness (QED) is 0.769. The van der Waals surface area contributed by atoms with Crippen molar-refractivity contribution >= 4 is 11.5 Å². The Morgan fingerprint density at radius 1 is 1.33 bits per heavy atom. The van der Waals surface area contributed by atoms with Gasteiger partial charge in [0.2, 0.25) is 0 Å². The van der Waals surface area contributed by atoms with E-state index in [1.807, 2.05) is 18.2 Å². The Hall–Kier alpha value is -1.61. The van der Waals surface area contributed by atoms with Crippen LogP contribution in [0.3, 0.4) is 0 Å². The van der Waals surface area contributed by atoms with E-state index in [2.05, 4.69) is 26.0 Å². The second kappa shape index (κ2) is 7.41. The molecule has 0 aliphatic carbocycles. The van der Waals surface area contributed by atoms with Crippen LogP contribution in [0, 0.1) is 0 Å². The number of carbonyl (C=O) groups excluding carboxylic acids is 1. The summed E-state index contributed by atoms with van der Waals surface area (Å²) in [6.07, 6.45) is 3.11. The van der Waals surface area contributed by atoms with Crippen LogP contribution < -0.4 is 0 Å². The van der Waals surface area contributed by atoms with E-state index >= 15 is 0 Å². The predicted octanol–water partition coefficient (Wildman–Crippen LogP) is 3.98. The van der Waals surface area contributed by atoms with E-state index in [1.54, 1.807) is 0 Å². The lowest BCUT2D eigenvalue weighted by atomic mass is 9.88. The van der Waals surface area contributed by atoms with Crippen molar-refractivity contribution < 1.29 is 14.3 Å². The minimum Gasteiger partial charge on any atom is -0.456 e. The monoisotopic (exact) mass is 288 g/mol. The summed E-state index contributed by atoms with van der Waals surface area (Å²) in [7, 11) is 0. The topological polar surface area (TPSA) is 35.5 Å². The van der Waals surface area contributed by atoms with E-state index in [0.29, 0.717) is 6.61 Å². The molecule has 0 saturated heterocycles. The van der Waals surface area contributed by atoms with Crippen molar-refractivity contribution in [2.24, 2.45) is 0 Å². The van der Waals surface area contributed by atoms with Crippen molar-refractivity contribution in [3.8, 4) is 0 Å². The molecule has 1 aliphatic rings. The Labute approximate surface area is 127 Å². The number of ether oxygens (including phenoxy) is 2. The Balaban J connectivity index is 2.34. The summed E-state index contributed by atoms with van der Waals surface area (Å²) < 4.78 is 11.4. The fourth-order valence-corrected chi connectivity index (χ4v) is 2.81. The zero-order valence-electron chi connectivity index (χ0n) is 13.1. The van der Waals surface area contributed by atoms with E-state index in [-0.39, 0.29) is 18.2 Å². The molecule has 2 atom stereocenters. The number of carbonyl (C=O) groups is 1. The molecule has 0 radical (unpaired) electrons. The number of rotatable bonds is 5. The third-order valence-electron chi connectivity index (χ3n) is 3.89. The molecular weight excluding hydrogens is 264 g/mol. The van der Waals surface area contributed by atoms with Gasteiger partial charge in [-0.25, -0.2) is 0 Å². The highest BCUT2D eigenvalue weighted by Crippen LogP contribution is 2.33. The molecule has 1 heterocycles. The van der Waals surface area contributed by atoms with Gasteiger partial charge in [0.25, 0.3) is 0 Å². The first-order valence-corrected chi connectivity index (χ1v) is 7.68. The van der Waals surface area contributed by atoms with Crippen LogP contribution in [0.25, 0.3) is 5.57 Å². The molecule has 114 valence electrons. The Morgan fingerprint density at radius 2 is 2.05 bits per heavy atom. The maximum absolute atomic E-state index is 11.3. The highest BCUT2D eigenvalue weighted by atomic mass is 16.6. The zero-order chi connectivity index (χ0) is 15.2. The van der Waals surface area contributed by atoms with Crippen molar-refractivity contribution in [1.29, 1.82) is 0 Å². The van der Waals surface area contributed by atoms with Crippen LogP contribution in [0.15, 0.2) is 35.9 Å². The summed E-state index contributed by atoms with van der Waals surface area (Å²) in [5.41, 5.74) is 3.46. The van der Waals surface area contributed by atoms with Crippen LogP contribution in [0.4, 0.5) is 0 Å². The number of unbranched alkanes of at least 4 members (excludes halogenated alkanes) is 1. The van der Waals surface area contributed by atoms with Gasteiger partial charge in [-0.15, -0.1) is 0 Å². The summed E-state index contributed by atoms with van der Waals surface area (Å²) in [4.78, 5) is 11.3. The Bertz CT molecular complexity index is 504. The molecule has 1 aliphatic heterocycles. The molecule has 3 nitrogen and oxygen atoms in total. The second-order valence-electron chi connectivity index (χ2n) is 5.52. The van der Waals surface area contributed by atoms with Gasteiger partial charge in [-0.1, -0.05) is 50.1 Å². The van der Waals surface area contributed by atoms with E-state index < -0.39 is 0 Å². The lowest BCUT2D eigenvalue weighted by molar-refractivity contribution is -0.148. The van der Waals surface area contributed by atoms with E-state index in [4.69, 9.17) is 9.47 Å². The SMILES string of the molecule is CCCC[C@H]1OC[C@H](OC(C)=O)C(C)=C1c1ccccc1. The molecule has 0 amide bonds. The molecule has 0 fully saturated rings. The Kier molecular flexibility index (Phi) is 5.57. The van der Waals surface area contributed by atoms with Crippen molar-refractivity contribution in [1.82, 2.24) is 0 Å². The van der Waals surface area contributed by atoms with Crippen LogP contribution in [-0.2, 0) is 14.3 Å². The molecule has 21 heavy (non-hydrogen) atoms. The van der Waals surface area contributed by atoms with Crippen LogP contribution in [0.5, 0.6) is 0 Å². The van der Waals surface area contributed by atoms with Gasteiger partial charge in [-0.3, -0.25) is 4.79 Å². The lowest BCUT2D eigenvalue weighted by Gasteiger charge is -2.33. The average molecular weight is 288 g/mol. The molecule has 0 spiro atoms. The van der Waals surface area contributed by atoms with Crippen molar-refractivity contribution in [2.75, 3.05) is 6.61 Å². The summed E-state index contributed by atoms with van der Waals surface area (Å²) >= 11 is 0. The summed E-state index contributed by atoms with van der Waals surface area (Å²) in [5.74, 6) is -0.262. The first-order valence-electron chi connectivity index (χ1n) is 7.68. The largest absolute Gasteiger partial charge is 0.456 e. The highest BCUT2D eigenvalue weighted by Gasteiger charge is 2.30. The number of esters is 1. The van der Waals surface area contributed by atoms with Crippen molar-refractivity contribution in [3.05, 3.63) is 41.5 Å². The first kappa shape index (κ1) is 15.8. The van der Waals surface area contributed by atoms with Gasteiger partial charge in [0.1, 0.15) is 6.10 Å². The van der Waals surface area contributed by atoms with Crippen molar-refractivity contribution in [2.45, 2.75) is 52.2 Å². The summed E-state index contributed by atoms with van der Waals surface area (Å²) in [5, 5.41) is 0. The van der Waals surface area contributed by atoms with Crippen LogP contribution in [-0.4, -0.2) is 24.8 Å². The number of hydrogen-bond acceptors (Lipinski definition) is 3. The standard InChI is InChI=1S/C18H24O3/c1-4-5-11-16-18(15-9-7-6-8-10-15)13(2)17(12-20-16)21-14(3)19/h6-10,16-17H,4-5,11-12H2,1-3H3/t16-,17+/m1/s1. The van der Waals surface area contributed by atoms with Gasteiger partial charge in [0.15, 0.2) is 0 Å². The summed E-state index contributed by atoms with van der Waals surface area (Å²) in [6.45, 7) is 6.13. The van der Waals surface area contributed by atoms with Crippen LogP contribution >= 0.6 is 0 Å². The molecule has 2 rings (SSSR count). The number of hydrogen-bond donors (Lipinski definition) is 0. The van der Waals surface area contributed by atoms with E-state index in [1.165, 1.54) is 12.5 Å². The fourth-order valence-electron chi connectivity index (χ4n) is 2.81. The third-order valence-corrected chi connectivity index (χ3v) is 3.89. The third kappa shape index (κ3) is 3.94. The highest BCUT2D eigenvalue weighted by molar-refractivity contribution is 5.74. The minimum absolute atomic E-state index is 0.0964. The predicted molar refractivity (Wildman–Crippen MR) is 83.9 cm³/mol. The van der Waals surface area contributed by atoms with Gasteiger partial charge in [0, 0.05) is 6.92 Å². The molecule has 0 bridgehead atoms. The first-order chi connectivity index (χ1) is 10.1. The van der Waals surface area contributed by atoms with Gasteiger partial charge in [0.05, 0.1) is 12.7 Å². The second-order valence-corrected chi connectivity index (χ2v) is 5.52. The van der Waals surface area contributed by atoms with Crippen molar-refractivity contribution in [3.63, 3.8) is 0 Å². The number of benzene rings is 1. The van der Waals surface area contributed by atoms with Gasteiger partial charge >= 0.3 is 5.97 Å². The smallest absolute Gasteiger partial charge is 0.303 e. The van der Waals surface area contributed by atoms with Gasteiger partial charge in [-0.05, 0) is 30.1 Å². The molecular formula is C18H24O3. The van der Waals surface area contributed by atoms with Gasteiger partial charge in [-0.2, -0.15) is 0 Å². The maximum atomic E-state index is 11.3. The normalized spacial score (nSPS) is 22.2. The molecule has 0 unspecified atom stereocenters. The molecule has 0 aromatic heterocycles. The fraction of sp³-hybridized carbons (Fsp3) is 0.500. The zero-order valence-corrected chi connectivity index (χ0v) is 13.1. The summed E-state index contributed by atoms with van der Waals surface area (Å²) in [6, 6.07) is 10.3. The van der Waals surface area contributed by atoms with Gasteiger partial charge < -0.3 is 9.47 Å². The van der Waals surface area contributed by atoms with E-state index in [0.717, 1.165) is 30.4 Å². The molecule has 3 heteroatoms. The molecule has 0 saturated carbocycles. The molecule has 0 N–H and O–H groups in total.